The molecule has 20 heavy (non-hydrogen) atoms. The molecule has 3 rings (SSSR count). The Hall–Kier alpha value is -2.43. The summed E-state index contributed by atoms with van der Waals surface area (Å²) >= 11 is 0. The van der Waals surface area contributed by atoms with Crippen molar-refractivity contribution in [1.29, 1.82) is 0 Å². The van der Waals surface area contributed by atoms with Gasteiger partial charge < -0.3 is 10.6 Å². The van der Waals surface area contributed by atoms with Gasteiger partial charge in [0, 0.05) is 18.3 Å². The van der Waals surface area contributed by atoms with Crippen molar-refractivity contribution >= 4 is 11.9 Å². The van der Waals surface area contributed by atoms with Crippen molar-refractivity contribution in [1.82, 2.24) is 14.9 Å². The summed E-state index contributed by atoms with van der Waals surface area (Å²) in [4.78, 5) is 22.3. The van der Waals surface area contributed by atoms with E-state index in [1.165, 1.54) is 5.56 Å². The van der Waals surface area contributed by atoms with E-state index >= 15 is 0 Å². The fraction of sp³-hybridized carbons (Fsp3) is 0.267. The topological polar surface area (TPSA) is 72.1 Å². The second-order valence-corrected chi connectivity index (χ2v) is 5.12. The number of benzene rings is 1. The zero-order chi connectivity index (χ0) is 14.1. The van der Waals surface area contributed by atoms with Crippen molar-refractivity contribution in [2.45, 2.75) is 26.4 Å². The lowest BCUT2D eigenvalue weighted by atomic mass is 10.1. The highest BCUT2D eigenvalue weighted by Gasteiger charge is 2.24. The first-order chi connectivity index (χ1) is 9.61. The number of aromatic nitrogens is 2. The molecule has 0 radical (unpaired) electrons. The van der Waals surface area contributed by atoms with Crippen LogP contribution in [0, 0.1) is 6.92 Å². The van der Waals surface area contributed by atoms with Gasteiger partial charge in [-0.3, -0.25) is 4.79 Å². The molecule has 1 aromatic carbocycles. The predicted molar refractivity (Wildman–Crippen MR) is 75.6 cm³/mol. The molecule has 1 aromatic heterocycles. The van der Waals surface area contributed by atoms with Crippen LogP contribution < -0.4 is 5.73 Å². The minimum Gasteiger partial charge on any atom is -0.368 e. The highest BCUT2D eigenvalue weighted by atomic mass is 16.2. The first-order valence-electron chi connectivity index (χ1n) is 6.55. The molecule has 2 heterocycles. The van der Waals surface area contributed by atoms with E-state index in [1.807, 2.05) is 31.2 Å². The second kappa shape index (κ2) is 4.92. The quantitative estimate of drug-likeness (QED) is 0.894. The number of rotatable bonds is 2. The van der Waals surface area contributed by atoms with Gasteiger partial charge in [0.2, 0.25) is 11.9 Å². The van der Waals surface area contributed by atoms with E-state index in [9.17, 15) is 4.79 Å². The van der Waals surface area contributed by atoms with Gasteiger partial charge >= 0.3 is 0 Å². The predicted octanol–water partition coefficient (Wildman–Crippen LogP) is 1.45. The Kier molecular flexibility index (Phi) is 3.10. The van der Waals surface area contributed by atoms with Crippen LogP contribution in [0.15, 0.2) is 30.5 Å². The number of aryl methyl sites for hydroxylation is 1. The van der Waals surface area contributed by atoms with Gasteiger partial charge in [0.25, 0.3) is 0 Å². The van der Waals surface area contributed by atoms with Crippen molar-refractivity contribution in [2.24, 2.45) is 0 Å². The molecule has 0 spiro atoms. The molecule has 1 aliphatic rings. The molecule has 1 amide bonds. The average Bonchev–Trinajstić information content (AvgIpc) is 2.81. The van der Waals surface area contributed by atoms with Crippen LogP contribution in [0.2, 0.25) is 0 Å². The molecule has 0 saturated heterocycles. The fourth-order valence-electron chi connectivity index (χ4n) is 2.45. The van der Waals surface area contributed by atoms with Gasteiger partial charge in [-0.05, 0) is 12.5 Å². The maximum absolute atomic E-state index is 12.3. The summed E-state index contributed by atoms with van der Waals surface area (Å²) in [6.07, 6.45) is 2.12. The first-order valence-corrected chi connectivity index (χ1v) is 6.55. The van der Waals surface area contributed by atoms with Gasteiger partial charge in [0.15, 0.2) is 0 Å². The molecular weight excluding hydrogens is 252 g/mol. The van der Waals surface area contributed by atoms with Crippen LogP contribution in [0.1, 0.15) is 22.4 Å². The molecule has 1 aliphatic heterocycles. The van der Waals surface area contributed by atoms with Crippen LogP contribution in [0.5, 0.6) is 0 Å². The third-order valence-electron chi connectivity index (χ3n) is 3.47. The van der Waals surface area contributed by atoms with Crippen LogP contribution in [0.3, 0.4) is 0 Å². The van der Waals surface area contributed by atoms with Crippen LogP contribution in [-0.4, -0.2) is 20.8 Å². The van der Waals surface area contributed by atoms with E-state index in [2.05, 4.69) is 9.97 Å². The molecule has 102 valence electrons. The number of hydrogen-bond acceptors (Lipinski definition) is 4. The zero-order valence-corrected chi connectivity index (χ0v) is 11.3. The van der Waals surface area contributed by atoms with Crippen LogP contribution in [0.4, 0.5) is 5.95 Å². The van der Waals surface area contributed by atoms with E-state index in [1.54, 1.807) is 11.1 Å². The van der Waals surface area contributed by atoms with E-state index in [0.29, 0.717) is 19.5 Å². The van der Waals surface area contributed by atoms with Crippen molar-refractivity contribution in [2.75, 3.05) is 5.73 Å². The first kappa shape index (κ1) is 12.6. The van der Waals surface area contributed by atoms with Gasteiger partial charge in [0.05, 0.1) is 18.7 Å². The Morgan fingerprint density at radius 2 is 2.25 bits per heavy atom. The Bertz CT molecular complexity index is 669. The number of fused-ring (bicyclic) bond motifs is 1. The van der Waals surface area contributed by atoms with Crippen LogP contribution >= 0.6 is 0 Å². The number of carbonyl (C=O) groups excluding carboxylic acids is 1. The summed E-state index contributed by atoms with van der Waals surface area (Å²) in [6.45, 7) is 3.12. The highest BCUT2D eigenvalue weighted by Crippen LogP contribution is 2.21. The average molecular weight is 268 g/mol. The van der Waals surface area contributed by atoms with Gasteiger partial charge in [-0.25, -0.2) is 9.97 Å². The maximum atomic E-state index is 12.3. The Labute approximate surface area is 117 Å². The number of nitrogens with zero attached hydrogens (tertiary/aromatic N) is 3. The number of hydrogen-bond donors (Lipinski definition) is 1. The van der Waals surface area contributed by atoms with E-state index < -0.39 is 0 Å². The summed E-state index contributed by atoms with van der Waals surface area (Å²) in [5.74, 6) is 0.365. The summed E-state index contributed by atoms with van der Waals surface area (Å²) in [6, 6.07) is 8.02. The number of nitrogen functional groups attached to an aromatic ring is 1. The number of nitrogens with two attached hydrogens (primary N) is 1. The molecule has 2 N–H and O–H groups in total. The Morgan fingerprint density at radius 3 is 3.05 bits per heavy atom. The van der Waals surface area contributed by atoms with Gasteiger partial charge in [0.1, 0.15) is 0 Å². The standard InChI is InChI=1S/C15H16N4O/c1-10-3-2-4-11(5-10)6-14(20)19-8-12-7-17-15(16)18-13(12)9-19/h2-5,7H,6,8-9H2,1H3,(H2,16,17,18). The van der Waals surface area contributed by atoms with Crippen molar-refractivity contribution in [3.8, 4) is 0 Å². The molecule has 5 nitrogen and oxygen atoms in total. The molecule has 0 aliphatic carbocycles. The fourth-order valence-corrected chi connectivity index (χ4v) is 2.45. The van der Waals surface area contributed by atoms with Crippen LogP contribution in [0.25, 0.3) is 0 Å². The molecule has 2 aromatic rings. The minimum absolute atomic E-state index is 0.104. The lowest BCUT2D eigenvalue weighted by Crippen LogP contribution is -2.27. The molecule has 0 atom stereocenters. The van der Waals surface area contributed by atoms with Crippen molar-refractivity contribution < 1.29 is 4.79 Å². The minimum atomic E-state index is 0.104. The number of anilines is 1. The SMILES string of the molecule is Cc1cccc(CC(=O)N2Cc3cnc(N)nc3C2)c1. The van der Waals surface area contributed by atoms with Gasteiger partial charge in [-0.15, -0.1) is 0 Å². The molecular formula is C15H16N4O. The summed E-state index contributed by atoms with van der Waals surface area (Å²) in [7, 11) is 0. The van der Waals surface area contributed by atoms with Crippen molar-refractivity contribution in [3.63, 3.8) is 0 Å². The monoisotopic (exact) mass is 268 g/mol. The molecule has 0 bridgehead atoms. The highest BCUT2D eigenvalue weighted by molar-refractivity contribution is 5.79. The summed E-state index contributed by atoms with van der Waals surface area (Å²) < 4.78 is 0. The lowest BCUT2D eigenvalue weighted by Gasteiger charge is -2.15. The van der Waals surface area contributed by atoms with E-state index in [4.69, 9.17) is 5.73 Å². The molecule has 0 unspecified atom stereocenters. The Balaban J connectivity index is 1.71. The number of amides is 1. The normalized spacial score (nSPS) is 13.3. The van der Waals surface area contributed by atoms with E-state index in [0.717, 1.165) is 16.8 Å². The maximum Gasteiger partial charge on any atom is 0.227 e. The van der Waals surface area contributed by atoms with Gasteiger partial charge in [-0.2, -0.15) is 0 Å². The largest absolute Gasteiger partial charge is 0.368 e. The van der Waals surface area contributed by atoms with E-state index in [-0.39, 0.29) is 11.9 Å². The van der Waals surface area contributed by atoms with Crippen LogP contribution in [-0.2, 0) is 24.3 Å². The smallest absolute Gasteiger partial charge is 0.227 e. The molecule has 0 fully saturated rings. The zero-order valence-electron chi connectivity index (χ0n) is 11.3. The third kappa shape index (κ3) is 2.47. The molecule has 5 heteroatoms. The third-order valence-corrected chi connectivity index (χ3v) is 3.47. The Morgan fingerprint density at radius 1 is 1.40 bits per heavy atom. The number of carbonyl (C=O) groups is 1. The second-order valence-electron chi connectivity index (χ2n) is 5.12. The molecule has 0 saturated carbocycles. The lowest BCUT2D eigenvalue weighted by molar-refractivity contribution is -0.131. The van der Waals surface area contributed by atoms with Crippen molar-refractivity contribution in [3.05, 3.63) is 52.8 Å². The van der Waals surface area contributed by atoms with Gasteiger partial charge in [-0.1, -0.05) is 29.8 Å². The summed E-state index contributed by atoms with van der Waals surface area (Å²) in [5, 5.41) is 0. The summed E-state index contributed by atoms with van der Waals surface area (Å²) in [5.41, 5.74) is 9.61.